The van der Waals surface area contributed by atoms with E-state index < -0.39 is 0 Å². The standard InChI is InChI=1S/C15H22N2O4/c1-18-13-6-17(7-14(13)19-2)5-10-3-12(16)4-11-8-20-9-21-15(10)11/h3-4,13-14H,5-9,16H2,1-2H3. The molecule has 2 atom stereocenters. The van der Waals surface area contributed by atoms with Crippen molar-refractivity contribution in [2.45, 2.75) is 25.4 Å². The third-order valence-corrected chi connectivity index (χ3v) is 4.10. The summed E-state index contributed by atoms with van der Waals surface area (Å²) in [5.41, 5.74) is 8.84. The molecule has 0 aliphatic carbocycles. The summed E-state index contributed by atoms with van der Waals surface area (Å²) in [5.74, 6) is 0.908. The van der Waals surface area contributed by atoms with Crippen LogP contribution in [0.4, 0.5) is 5.69 Å². The second kappa shape index (κ2) is 6.19. The van der Waals surface area contributed by atoms with Crippen LogP contribution in [-0.2, 0) is 27.4 Å². The van der Waals surface area contributed by atoms with Gasteiger partial charge in [-0.1, -0.05) is 0 Å². The van der Waals surface area contributed by atoms with Gasteiger partial charge in [0.05, 0.1) is 18.8 Å². The van der Waals surface area contributed by atoms with E-state index >= 15 is 0 Å². The Morgan fingerprint density at radius 3 is 2.62 bits per heavy atom. The lowest BCUT2D eigenvalue weighted by atomic mass is 10.1. The fraction of sp³-hybridized carbons (Fsp3) is 0.600. The SMILES string of the molecule is COC1CN(Cc2cc(N)cc3c2OCOC3)CC1OC. The van der Waals surface area contributed by atoms with E-state index in [2.05, 4.69) is 4.90 Å². The Morgan fingerprint density at radius 1 is 1.24 bits per heavy atom. The van der Waals surface area contributed by atoms with Gasteiger partial charge >= 0.3 is 0 Å². The van der Waals surface area contributed by atoms with Gasteiger partial charge in [-0.05, 0) is 12.1 Å². The first-order valence-corrected chi connectivity index (χ1v) is 7.11. The summed E-state index contributed by atoms with van der Waals surface area (Å²) in [4.78, 5) is 2.30. The Hall–Kier alpha value is -1.34. The Balaban J connectivity index is 1.78. The van der Waals surface area contributed by atoms with Crippen molar-refractivity contribution in [3.8, 4) is 5.75 Å². The molecule has 1 fully saturated rings. The molecule has 2 aliphatic rings. The molecule has 21 heavy (non-hydrogen) atoms. The number of ether oxygens (including phenoxy) is 4. The van der Waals surface area contributed by atoms with Gasteiger partial charge in [-0.15, -0.1) is 0 Å². The van der Waals surface area contributed by atoms with Crippen molar-refractivity contribution in [2.75, 3.05) is 39.8 Å². The second-order valence-electron chi connectivity index (χ2n) is 5.52. The summed E-state index contributed by atoms with van der Waals surface area (Å²) in [7, 11) is 3.45. The molecule has 0 spiro atoms. The number of hydrogen-bond donors (Lipinski definition) is 1. The number of methoxy groups -OCH3 is 2. The molecular weight excluding hydrogens is 272 g/mol. The molecule has 0 bridgehead atoms. The number of nitrogen functional groups attached to an aromatic ring is 1. The number of rotatable bonds is 4. The number of anilines is 1. The maximum Gasteiger partial charge on any atom is 0.189 e. The molecule has 6 heteroatoms. The molecule has 0 saturated carbocycles. The van der Waals surface area contributed by atoms with Crippen LogP contribution in [0.2, 0.25) is 0 Å². The van der Waals surface area contributed by atoms with Gasteiger partial charge in [-0.25, -0.2) is 0 Å². The van der Waals surface area contributed by atoms with Gasteiger partial charge in [0, 0.05) is 50.7 Å². The van der Waals surface area contributed by atoms with Crippen molar-refractivity contribution in [1.82, 2.24) is 4.90 Å². The molecule has 1 aromatic rings. The Morgan fingerprint density at radius 2 is 1.95 bits per heavy atom. The molecule has 2 heterocycles. The summed E-state index contributed by atoms with van der Waals surface area (Å²) in [6.07, 6.45) is 0.215. The van der Waals surface area contributed by atoms with Crippen LogP contribution in [0.15, 0.2) is 12.1 Å². The Kier molecular flexibility index (Phi) is 4.30. The van der Waals surface area contributed by atoms with E-state index in [0.29, 0.717) is 13.4 Å². The van der Waals surface area contributed by atoms with Gasteiger partial charge in [0.2, 0.25) is 0 Å². The summed E-state index contributed by atoms with van der Waals surface area (Å²) in [5, 5.41) is 0. The quantitative estimate of drug-likeness (QED) is 0.835. The van der Waals surface area contributed by atoms with Crippen LogP contribution < -0.4 is 10.5 Å². The zero-order valence-corrected chi connectivity index (χ0v) is 12.5. The molecule has 2 aliphatic heterocycles. The van der Waals surface area contributed by atoms with E-state index in [4.69, 9.17) is 24.7 Å². The third kappa shape index (κ3) is 2.98. The lowest BCUT2D eigenvalue weighted by Crippen LogP contribution is -2.27. The predicted octanol–water partition coefficient (Wildman–Crippen LogP) is 0.981. The van der Waals surface area contributed by atoms with E-state index in [1.54, 1.807) is 14.2 Å². The summed E-state index contributed by atoms with van der Waals surface area (Å²) < 4.78 is 21.9. The fourth-order valence-corrected chi connectivity index (χ4v) is 3.08. The molecule has 2 unspecified atom stereocenters. The highest BCUT2D eigenvalue weighted by atomic mass is 16.7. The summed E-state index contributed by atoms with van der Waals surface area (Å²) in [6, 6.07) is 3.89. The average Bonchev–Trinajstić information content (AvgIpc) is 2.89. The lowest BCUT2D eigenvalue weighted by molar-refractivity contribution is -0.0174. The van der Waals surface area contributed by atoms with Crippen molar-refractivity contribution in [2.24, 2.45) is 0 Å². The van der Waals surface area contributed by atoms with Crippen LogP contribution in [0.3, 0.4) is 0 Å². The highest BCUT2D eigenvalue weighted by molar-refractivity contribution is 5.53. The fourth-order valence-electron chi connectivity index (χ4n) is 3.08. The van der Waals surface area contributed by atoms with Gasteiger partial charge < -0.3 is 24.7 Å². The van der Waals surface area contributed by atoms with Gasteiger partial charge in [0.1, 0.15) is 5.75 Å². The van der Waals surface area contributed by atoms with Crippen molar-refractivity contribution < 1.29 is 18.9 Å². The van der Waals surface area contributed by atoms with Crippen molar-refractivity contribution in [3.63, 3.8) is 0 Å². The van der Waals surface area contributed by atoms with Gasteiger partial charge in [0.15, 0.2) is 6.79 Å². The molecule has 0 radical (unpaired) electrons. The van der Waals surface area contributed by atoms with E-state index in [1.807, 2.05) is 12.1 Å². The van der Waals surface area contributed by atoms with Gasteiger partial charge in [-0.2, -0.15) is 0 Å². The first kappa shape index (κ1) is 14.6. The Labute approximate surface area is 124 Å². The second-order valence-corrected chi connectivity index (χ2v) is 5.52. The van der Waals surface area contributed by atoms with E-state index in [-0.39, 0.29) is 12.2 Å². The maximum atomic E-state index is 5.98. The average molecular weight is 294 g/mol. The van der Waals surface area contributed by atoms with Crippen molar-refractivity contribution >= 4 is 5.69 Å². The normalized spacial score (nSPS) is 25.6. The number of hydrogen-bond acceptors (Lipinski definition) is 6. The van der Waals surface area contributed by atoms with Gasteiger partial charge in [0.25, 0.3) is 0 Å². The van der Waals surface area contributed by atoms with Crippen LogP contribution in [0, 0.1) is 0 Å². The zero-order valence-electron chi connectivity index (χ0n) is 12.5. The predicted molar refractivity (Wildman–Crippen MR) is 78.0 cm³/mol. The minimum Gasteiger partial charge on any atom is -0.467 e. The molecule has 1 saturated heterocycles. The van der Waals surface area contributed by atoms with Crippen LogP contribution in [-0.4, -0.2) is 51.2 Å². The molecule has 2 N–H and O–H groups in total. The molecule has 0 aromatic heterocycles. The van der Waals surface area contributed by atoms with E-state index in [1.165, 1.54) is 0 Å². The minimum absolute atomic E-state index is 0.108. The number of nitrogens with two attached hydrogens (primary N) is 1. The van der Waals surface area contributed by atoms with Crippen molar-refractivity contribution in [1.29, 1.82) is 0 Å². The van der Waals surface area contributed by atoms with Crippen LogP contribution >= 0.6 is 0 Å². The zero-order chi connectivity index (χ0) is 14.8. The van der Waals surface area contributed by atoms with E-state index in [9.17, 15) is 0 Å². The number of fused-ring (bicyclic) bond motifs is 1. The largest absolute Gasteiger partial charge is 0.467 e. The Bertz CT molecular complexity index is 497. The first-order valence-electron chi connectivity index (χ1n) is 7.11. The van der Waals surface area contributed by atoms with Crippen molar-refractivity contribution in [3.05, 3.63) is 23.3 Å². The molecule has 6 nitrogen and oxygen atoms in total. The van der Waals surface area contributed by atoms with Gasteiger partial charge in [-0.3, -0.25) is 4.90 Å². The monoisotopic (exact) mass is 294 g/mol. The highest BCUT2D eigenvalue weighted by Gasteiger charge is 2.33. The first-order chi connectivity index (χ1) is 10.2. The number of likely N-dealkylation sites (tertiary alicyclic amines) is 1. The lowest BCUT2D eigenvalue weighted by Gasteiger charge is -2.24. The molecule has 116 valence electrons. The smallest absolute Gasteiger partial charge is 0.189 e. The molecule has 0 amide bonds. The van der Waals surface area contributed by atoms with Crippen LogP contribution in [0.25, 0.3) is 0 Å². The van der Waals surface area contributed by atoms with Crippen LogP contribution in [0.5, 0.6) is 5.75 Å². The minimum atomic E-state index is 0.108. The van der Waals surface area contributed by atoms with E-state index in [0.717, 1.165) is 42.2 Å². The topological polar surface area (TPSA) is 66.2 Å². The number of benzene rings is 1. The highest BCUT2D eigenvalue weighted by Crippen LogP contribution is 2.32. The maximum absolute atomic E-state index is 5.98. The number of nitrogens with zero attached hydrogens (tertiary/aromatic N) is 1. The molecule has 1 aromatic carbocycles. The molecular formula is C15H22N2O4. The summed E-state index contributed by atoms with van der Waals surface area (Å²) >= 11 is 0. The summed E-state index contributed by atoms with van der Waals surface area (Å²) in [6.45, 7) is 3.30. The van der Waals surface area contributed by atoms with Crippen LogP contribution in [0.1, 0.15) is 11.1 Å². The third-order valence-electron chi connectivity index (χ3n) is 4.10. The molecule has 3 rings (SSSR count).